The fraction of sp³-hybridized carbons (Fsp3) is 0.533. The monoisotopic (exact) mass is 285 g/mol. The van der Waals surface area contributed by atoms with Crippen LogP contribution < -0.4 is 5.32 Å². The van der Waals surface area contributed by atoms with E-state index in [2.05, 4.69) is 5.32 Å². The minimum absolute atomic E-state index is 0.129. The number of benzene rings is 1. The number of carbonyl (C=O) groups excluding carboxylic acids is 1. The van der Waals surface area contributed by atoms with E-state index in [0.717, 1.165) is 6.07 Å². The highest BCUT2D eigenvalue weighted by Crippen LogP contribution is 2.40. The summed E-state index contributed by atoms with van der Waals surface area (Å²) < 4.78 is 39.2. The number of alkyl halides is 3. The molecule has 1 aliphatic heterocycles. The van der Waals surface area contributed by atoms with Crippen LogP contribution in [-0.4, -0.2) is 11.9 Å². The first kappa shape index (κ1) is 14.9. The fourth-order valence-electron chi connectivity index (χ4n) is 2.84. The summed E-state index contributed by atoms with van der Waals surface area (Å²) in [6.45, 7) is 3.99. The van der Waals surface area contributed by atoms with Gasteiger partial charge in [0.2, 0.25) is 5.91 Å². The van der Waals surface area contributed by atoms with Crippen LogP contribution in [-0.2, 0) is 11.0 Å². The Kier molecular flexibility index (Phi) is 4.06. The third-order valence-corrected chi connectivity index (χ3v) is 3.63. The van der Waals surface area contributed by atoms with Gasteiger partial charge < -0.3 is 5.32 Å². The topological polar surface area (TPSA) is 29.1 Å². The summed E-state index contributed by atoms with van der Waals surface area (Å²) in [5, 5.41) is 2.81. The van der Waals surface area contributed by atoms with Gasteiger partial charge in [-0.3, -0.25) is 4.79 Å². The van der Waals surface area contributed by atoms with E-state index in [9.17, 15) is 18.0 Å². The summed E-state index contributed by atoms with van der Waals surface area (Å²) >= 11 is 0. The van der Waals surface area contributed by atoms with Gasteiger partial charge in [0.05, 0.1) is 5.56 Å². The maximum atomic E-state index is 13.1. The Morgan fingerprint density at radius 2 is 1.95 bits per heavy atom. The lowest BCUT2D eigenvalue weighted by Gasteiger charge is -2.23. The molecule has 0 aliphatic carbocycles. The standard InChI is InChI=1S/C15H18F3NO/c1-9(2)7-13-11(8-14(20)19-13)10-5-3-4-6-12(10)15(16,17)18/h3-6,9,11,13H,7-8H2,1-2H3,(H,19,20). The van der Waals surface area contributed by atoms with Crippen molar-refractivity contribution in [3.63, 3.8) is 0 Å². The Hall–Kier alpha value is -1.52. The molecule has 1 aromatic rings. The second-order valence-corrected chi connectivity index (χ2v) is 5.70. The second-order valence-electron chi connectivity index (χ2n) is 5.70. The molecule has 1 saturated heterocycles. The van der Waals surface area contributed by atoms with Gasteiger partial charge in [0.1, 0.15) is 0 Å². The van der Waals surface area contributed by atoms with Crippen molar-refractivity contribution < 1.29 is 18.0 Å². The molecule has 1 amide bonds. The number of amides is 1. The van der Waals surface area contributed by atoms with Crippen LogP contribution in [0.3, 0.4) is 0 Å². The molecule has 2 nitrogen and oxygen atoms in total. The first-order valence-electron chi connectivity index (χ1n) is 6.74. The third kappa shape index (κ3) is 3.14. The molecule has 1 fully saturated rings. The van der Waals surface area contributed by atoms with Crippen molar-refractivity contribution in [3.8, 4) is 0 Å². The average molecular weight is 285 g/mol. The van der Waals surface area contributed by atoms with E-state index in [1.165, 1.54) is 12.1 Å². The van der Waals surface area contributed by atoms with Crippen LogP contribution in [0.5, 0.6) is 0 Å². The van der Waals surface area contributed by atoms with Gasteiger partial charge in [0, 0.05) is 18.4 Å². The Balaban J connectivity index is 2.37. The lowest BCUT2D eigenvalue weighted by molar-refractivity contribution is -0.138. The number of carbonyl (C=O) groups is 1. The maximum absolute atomic E-state index is 13.1. The zero-order valence-corrected chi connectivity index (χ0v) is 11.5. The molecule has 2 unspecified atom stereocenters. The van der Waals surface area contributed by atoms with E-state index in [1.807, 2.05) is 13.8 Å². The summed E-state index contributed by atoms with van der Waals surface area (Å²) in [5.41, 5.74) is -0.403. The Labute approximate surface area is 116 Å². The first-order chi connectivity index (χ1) is 9.29. The lowest BCUT2D eigenvalue weighted by atomic mass is 9.85. The molecule has 1 N–H and O–H groups in total. The smallest absolute Gasteiger partial charge is 0.353 e. The number of nitrogens with one attached hydrogen (secondary N) is 1. The third-order valence-electron chi connectivity index (χ3n) is 3.63. The number of halogens is 3. The predicted molar refractivity (Wildman–Crippen MR) is 70.2 cm³/mol. The van der Waals surface area contributed by atoms with Crippen LogP contribution in [0, 0.1) is 5.92 Å². The van der Waals surface area contributed by atoms with E-state index in [4.69, 9.17) is 0 Å². The van der Waals surface area contributed by atoms with E-state index in [0.29, 0.717) is 12.3 Å². The summed E-state index contributed by atoms with van der Waals surface area (Å²) in [7, 11) is 0. The number of hydrogen-bond donors (Lipinski definition) is 1. The van der Waals surface area contributed by atoms with E-state index < -0.39 is 17.7 Å². The first-order valence-corrected chi connectivity index (χ1v) is 6.74. The number of hydrogen-bond acceptors (Lipinski definition) is 1. The molecule has 5 heteroatoms. The molecule has 0 spiro atoms. The Bertz CT molecular complexity index is 496. The summed E-state index contributed by atoms with van der Waals surface area (Å²) in [6.07, 6.45) is -3.57. The quantitative estimate of drug-likeness (QED) is 0.901. The molecule has 2 atom stereocenters. The number of rotatable bonds is 3. The molecule has 0 aromatic heterocycles. The van der Waals surface area contributed by atoms with Crippen molar-refractivity contribution in [1.29, 1.82) is 0 Å². The van der Waals surface area contributed by atoms with Gasteiger partial charge >= 0.3 is 6.18 Å². The SMILES string of the molecule is CC(C)CC1NC(=O)CC1c1ccccc1C(F)(F)F. The molecule has 2 rings (SSSR count). The normalized spacial score (nSPS) is 23.2. The molecule has 1 aromatic carbocycles. The fourth-order valence-corrected chi connectivity index (χ4v) is 2.84. The van der Waals surface area contributed by atoms with Crippen LogP contribution in [0.2, 0.25) is 0 Å². The van der Waals surface area contributed by atoms with Gasteiger partial charge in [-0.2, -0.15) is 13.2 Å². The van der Waals surface area contributed by atoms with Gasteiger partial charge in [-0.25, -0.2) is 0 Å². The van der Waals surface area contributed by atoms with E-state index in [-0.39, 0.29) is 23.9 Å². The van der Waals surface area contributed by atoms with Crippen molar-refractivity contribution in [1.82, 2.24) is 5.32 Å². The van der Waals surface area contributed by atoms with Crippen LogP contribution >= 0.6 is 0 Å². The Morgan fingerprint density at radius 3 is 2.55 bits per heavy atom. The van der Waals surface area contributed by atoms with Gasteiger partial charge in [-0.05, 0) is 24.0 Å². The van der Waals surface area contributed by atoms with E-state index in [1.54, 1.807) is 6.07 Å². The van der Waals surface area contributed by atoms with Crippen molar-refractivity contribution in [3.05, 3.63) is 35.4 Å². The van der Waals surface area contributed by atoms with Crippen molar-refractivity contribution >= 4 is 5.91 Å². The molecule has 0 saturated carbocycles. The van der Waals surface area contributed by atoms with Gasteiger partial charge in [-0.1, -0.05) is 32.0 Å². The molecule has 1 aliphatic rings. The molecule has 110 valence electrons. The van der Waals surface area contributed by atoms with Crippen LogP contribution in [0.15, 0.2) is 24.3 Å². The average Bonchev–Trinajstić information content (AvgIpc) is 2.68. The highest BCUT2D eigenvalue weighted by Gasteiger charge is 2.40. The largest absolute Gasteiger partial charge is 0.416 e. The molecule has 0 radical (unpaired) electrons. The highest BCUT2D eigenvalue weighted by molar-refractivity contribution is 5.80. The molecular weight excluding hydrogens is 267 g/mol. The lowest BCUT2D eigenvalue weighted by Crippen LogP contribution is -2.30. The summed E-state index contributed by atoms with van der Waals surface area (Å²) in [6, 6.07) is 5.34. The van der Waals surface area contributed by atoms with Crippen molar-refractivity contribution in [2.75, 3.05) is 0 Å². The molecule has 1 heterocycles. The zero-order valence-electron chi connectivity index (χ0n) is 11.5. The molecule has 20 heavy (non-hydrogen) atoms. The minimum atomic E-state index is -4.38. The van der Waals surface area contributed by atoms with E-state index >= 15 is 0 Å². The van der Waals surface area contributed by atoms with Gasteiger partial charge in [0.25, 0.3) is 0 Å². The zero-order chi connectivity index (χ0) is 14.9. The predicted octanol–water partition coefficient (Wildman–Crippen LogP) is 3.72. The van der Waals surface area contributed by atoms with Crippen LogP contribution in [0.1, 0.15) is 43.7 Å². The summed E-state index contributed by atoms with van der Waals surface area (Å²) in [5.74, 6) is -0.251. The molecular formula is C15H18F3NO. The van der Waals surface area contributed by atoms with Crippen LogP contribution in [0.4, 0.5) is 13.2 Å². The highest BCUT2D eigenvalue weighted by atomic mass is 19.4. The van der Waals surface area contributed by atoms with Crippen LogP contribution in [0.25, 0.3) is 0 Å². The van der Waals surface area contributed by atoms with Crippen molar-refractivity contribution in [2.24, 2.45) is 5.92 Å². The second kappa shape index (κ2) is 5.46. The Morgan fingerprint density at radius 1 is 1.30 bits per heavy atom. The van der Waals surface area contributed by atoms with Gasteiger partial charge in [-0.15, -0.1) is 0 Å². The molecule has 0 bridgehead atoms. The van der Waals surface area contributed by atoms with Crippen molar-refractivity contribution in [2.45, 2.75) is 44.8 Å². The summed E-state index contributed by atoms with van der Waals surface area (Å²) in [4.78, 5) is 11.6. The maximum Gasteiger partial charge on any atom is 0.416 e. The van der Waals surface area contributed by atoms with Gasteiger partial charge in [0.15, 0.2) is 0 Å². The minimum Gasteiger partial charge on any atom is -0.353 e.